The van der Waals surface area contributed by atoms with Crippen molar-refractivity contribution in [1.82, 2.24) is 76.4 Å². The molecule has 0 bridgehead atoms. The summed E-state index contributed by atoms with van der Waals surface area (Å²) >= 11 is 0. The molecule has 11 aromatic carbocycles. The topological polar surface area (TPSA) is 434 Å². The van der Waals surface area contributed by atoms with Crippen molar-refractivity contribution in [3.05, 3.63) is 400 Å². The summed E-state index contributed by atoms with van der Waals surface area (Å²) < 4.78 is 35.1. The van der Waals surface area contributed by atoms with E-state index in [9.17, 15) is 38.4 Å². The number of fused-ring (bicyclic) bond motifs is 4. The number of ether oxygens (including phenoxy) is 4. The molecule has 1 aliphatic carbocycles. The first kappa shape index (κ1) is 96.7. The van der Waals surface area contributed by atoms with Crippen LogP contribution < -0.4 is 79.3 Å². The number of Topliss-reactive ketones (excluding diaryl/α,β-unsaturated/α-hetero) is 1. The van der Waals surface area contributed by atoms with Crippen LogP contribution in [0, 0.1) is 6.57 Å². The standard InChI is InChI=1S/C29H22N6O3.C29H28N6O3.C27H22N6O3.C24H22N6O3/c1-3-25(36)24(31-2)17-19-8-7-9-21(16-19)35-28-26(27(30)32-18-33-28)34(29(35)37)20-12-14-23(15-13-20)38-22-10-5-4-6-11-22;1-3-4-13-25(36)33(2)21-9-8-10-22(18-21)35-28-26(27(30)31-19-32-28)34(29(35)37)20-14-16-24(17-15-20)38-23-11-6-5-7-12-23;1-3-23(34)31(2)19-8-7-9-20(16-19)33-26-24(25(28)29-17-30-26)32(27(33)35)18-12-14-22(15-13-18)36-21-10-5-4-6-11-21;1-3-20(31)28(2)16-5-4-6-17(13-16)30-23-21(22(25)26-14-27-23)29(24(30)32)15-7-9-18(10-8-15)33-19-11-12-19/h4-18H,3H2,1H3,(H2,30,32,33);5-12,14-19H,3-4,13H2,1-2H3,(H2,30,31,32);3-17H,1H2,2H3,(H2,28,29,30);3-10,13-14,19H,1,11-12H2,2H3,(H2,25,26,27)/b24-17-;;;. The normalized spacial score (nSPS) is 11.5. The van der Waals surface area contributed by atoms with Crippen molar-refractivity contribution in [2.75, 3.05) is 58.8 Å². The number of carbonyl (C=O) groups is 4. The van der Waals surface area contributed by atoms with Crippen LogP contribution in [0.1, 0.15) is 57.9 Å². The van der Waals surface area contributed by atoms with E-state index < -0.39 is 5.69 Å². The lowest BCUT2D eigenvalue weighted by molar-refractivity contribution is -0.118. The van der Waals surface area contributed by atoms with E-state index in [4.69, 9.17) is 48.5 Å². The Kier molecular flexibility index (Phi) is 28.6. The van der Waals surface area contributed by atoms with Crippen molar-refractivity contribution in [2.24, 2.45) is 0 Å². The van der Waals surface area contributed by atoms with Crippen LogP contribution >= 0.6 is 0 Å². The van der Waals surface area contributed by atoms with Crippen LogP contribution in [0.3, 0.4) is 0 Å². The van der Waals surface area contributed by atoms with Gasteiger partial charge in [-0.25, -0.2) is 82.2 Å². The number of imidazole rings is 4. The molecule has 0 atom stereocenters. The number of benzene rings is 11. The number of hydrogen-bond acceptors (Lipinski definition) is 24. The Bertz CT molecular complexity index is 8460. The van der Waals surface area contributed by atoms with E-state index in [-0.39, 0.29) is 82.1 Å². The van der Waals surface area contributed by atoms with E-state index in [1.807, 2.05) is 134 Å². The molecule has 0 spiro atoms. The highest BCUT2D eigenvalue weighted by molar-refractivity contribution is 6.03. The minimum atomic E-state index is -0.403. The molecule has 1 fully saturated rings. The number of likely N-dealkylation sites (N-methyl/N-ethyl adjacent to an activating group) is 2. The fourth-order valence-corrected chi connectivity index (χ4v) is 16.0. The molecule has 1 saturated carbocycles. The summed E-state index contributed by atoms with van der Waals surface area (Å²) in [5.74, 6) is 4.63. The molecule has 145 heavy (non-hydrogen) atoms. The summed E-state index contributed by atoms with van der Waals surface area (Å²) in [5.41, 5.74) is 33.2. The lowest BCUT2D eigenvalue weighted by Crippen LogP contribution is -2.26. The first-order valence-corrected chi connectivity index (χ1v) is 45.8. The Morgan fingerprint density at radius 2 is 0.669 bits per heavy atom. The molecule has 1 aliphatic rings. The maximum Gasteiger partial charge on any atom is 0.339 e. The molecule has 8 N–H and O–H groups in total. The zero-order chi connectivity index (χ0) is 102. The number of rotatable bonds is 27. The summed E-state index contributed by atoms with van der Waals surface area (Å²) in [6.07, 6.45) is 14.1. The minimum absolute atomic E-state index is 0.0168. The van der Waals surface area contributed by atoms with Crippen molar-refractivity contribution in [3.63, 3.8) is 0 Å². The van der Waals surface area contributed by atoms with Gasteiger partial charge < -0.3 is 61.4 Å². The molecule has 19 aromatic rings. The number of hydrogen-bond donors (Lipinski definition) is 4. The molecule has 0 aliphatic heterocycles. The summed E-state index contributed by atoms with van der Waals surface area (Å²) in [4.78, 5) is 146. The molecular weight excluding hydrogens is 1840 g/mol. The molecule has 36 nitrogen and oxygen atoms in total. The van der Waals surface area contributed by atoms with E-state index in [2.05, 4.69) is 57.9 Å². The Hall–Kier alpha value is -20.0. The minimum Gasteiger partial charge on any atom is -0.490 e. The van der Waals surface area contributed by atoms with Gasteiger partial charge in [-0.15, -0.1) is 0 Å². The number of allylic oxidation sites excluding steroid dienone is 1. The highest BCUT2D eigenvalue weighted by Gasteiger charge is 2.29. The number of unbranched alkanes of at least 4 members (excludes halogenated alkanes) is 1. The highest BCUT2D eigenvalue weighted by atomic mass is 16.5. The molecule has 0 unspecified atom stereocenters. The van der Waals surface area contributed by atoms with Crippen molar-refractivity contribution in [3.8, 4) is 85.7 Å². The molecule has 8 aromatic heterocycles. The van der Waals surface area contributed by atoms with Gasteiger partial charge >= 0.3 is 22.8 Å². The van der Waals surface area contributed by atoms with E-state index in [0.29, 0.717) is 154 Å². The van der Waals surface area contributed by atoms with Gasteiger partial charge in [-0.1, -0.05) is 118 Å². The number of nitrogens with two attached hydrogens (primary N) is 4. The van der Waals surface area contributed by atoms with E-state index in [1.165, 1.54) is 89.9 Å². The van der Waals surface area contributed by atoms with Crippen LogP contribution in [-0.4, -0.2) is 127 Å². The molecule has 722 valence electrons. The quantitative estimate of drug-likeness (QED) is 0.0274. The van der Waals surface area contributed by atoms with Gasteiger partial charge in [-0.05, 0) is 250 Å². The van der Waals surface area contributed by atoms with Crippen molar-refractivity contribution >= 4 is 115 Å². The Morgan fingerprint density at radius 1 is 0.372 bits per heavy atom. The Balaban J connectivity index is 0.000000133. The van der Waals surface area contributed by atoms with E-state index >= 15 is 0 Å². The van der Waals surface area contributed by atoms with Crippen molar-refractivity contribution in [1.29, 1.82) is 0 Å². The lowest BCUT2D eigenvalue weighted by atomic mass is 10.1. The van der Waals surface area contributed by atoms with Gasteiger partial charge in [0.25, 0.3) is 0 Å². The second-order valence-corrected chi connectivity index (χ2v) is 32.9. The van der Waals surface area contributed by atoms with Gasteiger partial charge in [0.15, 0.2) is 51.6 Å². The average Bonchev–Trinajstić information content (AvgIpc) is 1.60. The third kappa shape index (κ3) is 20.6. The number of ketones is 1. The Labute approximate surface area is 827 Å². The largest absolute Gasteiger partial charge is 0.490 e. The molecule has 0 radical (unpaired) electrons. The number of nitrogen functional groups attached to an aromatic ring is 4. The van der Waals surface area contributed by atoms with Crippen LogP contribution in [0.5, 0.6) is 40.2 Å². The zero-order valence-electron chi connectivity index (χ0n) is 79.1. The van der Waals surface area contributed by atoms with E-state index in [0.717, 1.165) is 31.4 Å². The molecule has 0 saturated heterocycles. The number of aromatic nitrogens is 16. The molecule has 20 rings (SSSR count). The summed E-state index contributed by atoms with van der Waals surface area (Å²) in [6.45, 7) is 18.1. The average molecular weight is 1930 g/mol. The van der Waals surface area contributed by atoms with Crippen LogP contribution in [0.25, 0.3) is 101 Å². The number of carbonyl (C=O) groups excluding carboxylic acids is 4. The van der Waals surface area contributed by atoms with Crippen LogP contribution in [0.4, 0.5) is 40.3 Å². The fourth-order valence-electron chi connectivity index (χ4n) is 16.0. The number of amides is 3. The second kappa shape index (κ2) is 43.0. The SMILES string of the molecule is C=CC(=O)N(C)c1cccc(-n2c(=O)n(-c3ccc(OC4CC4)cc3)c3c(N)ncnc32)c1.C=CC(=O)N(C)c1cccc(-n2c(=O)n(-c3ccc(Oc4ccccc4)cc3)c3c(N)ncnc32)c1.CCCCC(=O)N(C)c1cccc(-n2c(=O)n(-c3ccc(Oc4ccccc4)cc3)c3c(N)ncnc32)c1.[C-]#[N+]/C(=C\c1cccc(-n2c(=O)n(-c3ccc(Oc4ccccc4)cc3)c3c(N)ncnc32)c1)C(=O)CC. The first-order chi connectivity index (χ1) is 70.4. The zero-order valence-corrected chi connectivity index (χ0v) is 79.1. The molecule has 3 amide bonds. The van der Waals surface area contributed by atoms with Crippen LogP contribution in [0.2, 0.25) is 0 Å². The lowest BCUT2D eigenvalue weighted by Gasteiger charge is -2.18. The third-order valence-electron chi connectivity index (χ3n) is 23.5. The molecule has 8 heterocycles. The van der Waals surface area contributed by atoms with Gasteiger partial charge in [0.2, 0.25) is 23.4 Å². The Morgan fingerprint density at radius 3 is 0.966 bits per heavy atom. The van der Waals surface area contributed by atoms with Crippen molar-refractivity contribution < 1.29 is 38.1 Å². The van der Waals surface area contributed by atoms with Gasteiger partial charge in [-0.3, -0.25) is 32.7 Å². The maximum atomic E-state index is 13.9. The van der Waals surface area contributed by atoms with Gasteiger partial charge in [-0.2, -0.15) is 0 Å². The predicted molar refractivity (Wildman–Crippen MR) is 559 cm³/mol. The van der Waals surface area contributed by atoms with Gasteiger partial charge in [0.1, 0.15) is 87.6 Å². The van der Waals surface area contributed by atoms with Crippen LogP contribution in [0.15, 0.2) is 361 Å². The third-order valence-corrected chi connectivity index (χ3v) is 23.5. The number of anilines is 7. The fraction of sp³-hybridized carbons (Fsp3) is 0.110. The number of para-hydroxylation sites is 3. The highest BCUT2D eigenvalue weighted by Crippen LogP contribution is 2.36. The predicted octanol–water partition coefficient (Wildman–Crippen LogP) is 17.2. The maximum absolute atomic E-state index is 13.9. The smallest absolute Gasteiger partial charge is 0.339 e. The van der Waals surface area contributed by atoms with Gasteiger partial charge in [0, 0.05) is 44.6 Å². The number of nitrogens with zero attached hydrogens (tertiary/aromatic N) is 20. The van der Waals surface area contributed by atoms with E-state index in [1.54, 1.807) is 191 Å². The summed E-state index contributed by atoms with van der Waals surface area (Å²) in [6, 6.07) is 85.1. The second-order valence-electron chi connectivity index (χ2n) is 32.9. The van der Waals surface area contributed by atoms with Crippen molar-refractivity contribution in [2.45, 2.75) is 58.5 Å². The molecule has 36 heteroatoms. The summed E-state index contributed by atoms with van der Waals surface area (Å²) in [7, 11) is 5.01. The first-order valence-electron chi connectivity index (χ1n) is 45.8. The van der Waals surface area contributed by atoms with Gasteiger partial charge in [0.05, 0.1) is 58.2 Å². The summed E-state index contributed by atoms with van der Waals surface area (Å²) in [5, 5.41) is 0. The van der Waals surface area contributed by atoms with Crippen LogP contribution in [-0.2, 0) is 19.2 Å². The monoisotopic (exact) mass is 1930 g/mol. The molecular formula is C109H94N24O12.